The number of rotatable bonds is 6. The van der Waals surface area contributed by atoms with Gasteiger partial charge in [0.15, 0.2) is 0 Å². The van der Waals surface area contributed by atoms with Crippen LogP contribution in [0.25, 0.3) is 0 Å². The summed E-state index contributed by atoms with van der Waals surface area (Å²) >= 11 is 0. The lowest BCUT2D eigenvalue weighted by molar-refractivity contribution is 0.308. The molecule has 1 saturated heterocycles. The quantitative estimate of drug-likeness (QED) is 0.705. The van der Waals surface area contributed by atoms with Crippen LogP contribution in [-0.4, -0.2) is 69.3 Å². The molecule has 1 aliphatic heterocycles. The number of nitrogens with zero attached hydrogens (tertiary/aromatic N) is 3. The Bertz CT molecular complexity index is 311. The molecule has 0 aromatic carbocycles. The van der Waals surface area contributed by atoms with Crippen LogP contribution in [0.1, 0.15) is 25.7 Å². The van der Waals surface area contributed by atoms with E-state index in [2.05, 4.69) is 4.90 Å². The Morgan fingerprint density at radius 3 is 2.12 bits per heavy atom. The predicted octanol–water partition coefficient (Wildman–Crippen LogP) is 0.601. The summed E-state index contributed by atoms with van der Waals surface area (Å²) in [5, 5.41) is 0. The Morgan fingerprint density at radius 2 is 1.59 bits per heavy atom. The van der Waals surface area contributed by atoms with Crippen LogP contribution in [0.2, 0.25) is 0 Å². The van der Waals surface area contributed by atoms with E-state index in [9.17, 15) is 8.42 Å². The molecule has 0 bridgehead atoms. The van der Waals surface area contributed by atoms with Crippen molar-refractivity contribution >= 4 is 10.2 Å². The van der Waals surface area contributed by atoms with Crippen molar-refractivity contribution < 1.29 is 8.42 Å². The van der Waals surface area contributed by atoms with Gasteiger partial charge in [-0.3, -0.25) is 0 Å². The van der Waals surface area contributed by atoms with E-state index < -0.39 is 10.2 Å². The highest BCUT2D eigenvalue weighted by Crippen LogP contribution is 2.15. The second-order valence-corrected chi connectivity index (χ2v) is 6.98. The molecule has 6 heteroatoms. The average Bonchev–Trinajstić information content (AvgIpc) is 2.29. The summed E-state index contributed by atoms with van der Waals surface area (Å²) in [7, 11) is 2.47. The summed E-state index contributed by atoms with van der Waals surface area (Å²) in [5.41, 5.74) is 0. The van der Waals surface area contributed by atoms with Crippen LogP contribution in [0.4, 0.5) is 0 Å². The fraction of sp³-hybridized carbons (Fsp3) is 1.00. The highest BCUT2D eigenvalue weighted by molar-refractivity contribution is 7.86. The van der Waals surface area contributed by atoms with Crippen molar-refractivity contribution in [3.8, 4) is 0 Å². The van der Waals surface area contributed by atoms with Crippen molar-refractivity contribution in [2.24, 2.45) is 0 Å². The minimum Gasteiger partial charge on any atom is -0.309 e. The van der Waals surface area contributed by atoms with Crippen molar-refractivity contribution in [2.45, 2.75) is 25.7 Å². The zero-order valence-electron chi connectivity index (χ0n) is 11.2. The maximum Gasteiger partial charge on any atom is 0.281 e. The molecule has 0 atom stereocenters. The third-order valence-electron chi connectivity index (χ3n) is 3.11. The Morgan fingerprint density at radius 1 is 1.00 bits per heavy atom. The molecule has 0 amide bonds. The van der Waals surface area contributed by atoms with Gasteiger partial charge in [0.25, 0.3) is 10.2 Å². The lowest BCUT2D eigenvalue weighted by atomic mass is 10.2. The van der Waals surface area contributed by atoms with Crippen LogP contribution >= 0.6 is 0 Å². The summed E-state index contributed by atoms with van der Waals surface area (Å²) in [5.74, 6) is 0. The van der Waals surface area contributed by atoms with E-state index in [-0.39, 0.29) is 0 Å². The summed E-state index contributed by atoms with van der Waals surface area (Å²) in [6, 6.07) is 0. The Kier molecular flexibility index (Phi) is 5.85. The molecule has 1 aliphatic rings. The average molecular weight is 263 g/mol. The van der Waals surface area contributed by atoms with Crippen LogP contribution in [-0.2, 0) is 10.2 Å². The largest absolute Gasteiger partial charge is 0.309 e. The first-order chi connectivity index (χ1) is 7.94. The van der Waals surface area contributed by atoms with Gasteiger partial charge in [0.2, 0.25) is 0 Å². The van der Waals surface area contributed by atoms with Crippen molar-refractivity contribution in [2.75, 3.05) is 47.3 Å². The van der Waals surface area contributed by atoms with E-state index in [0.29, 0.717) is 19.6 Å². The van der Waals surface area contributed by atoms with Crippen molar-refractivity contribution in [1.29, 1.82) is 0 Å². The van der Waals surface area contributed by atoms with Gasteiger partial charge in [0.1, 0.15) is 0 Å². The molecule has 1 fully saturated rings. The first-order valence-electron chi connectivity index (χ1n) is 6.31. The molecule has 0 spiro atoms. The second kappa shape index (κ2) is 6.68. The summed E-state index contributed by atoms with van der Waals surface area (Å²) in [6.07, 6.45) is 4.00. The third kappa shape index (κ3) is 4.54. The Balaban J connectivity index is 2.45. The van der Waals surface area contributed by atoms with Crippen LogP contribution in [0.15, 0.2) is 0 Å². The molecule has 0 aromatic heterocycles. The molecule has 0 radical (unpaired) electrons. The van der Waals surface area contributed by atoms with Gasteiger partial charge in [-0.05, 0) is 39.9 Å². The monoisotopic (exact) mass is 263 g/mol. The molecule has 5 nitrogen and oxygen atoms in total. The van der Waals surface area contributed by atoms with Gasteiger partial charge in [-0.15, -0.1) is 0 Å². The smallest absolute Gasteiger partial charge is 0.281 e. The molecule has 0 aromatic rings. The highest BCUT2D eigenvalue weighted by Gasteiger charge is 2.27. The molecular weight excluding hydrogens is 238 g/mol. The molecular formula is C11H25N3O2S. The van der Waals surface area contributed by atoms with Gasteiger partial charge in [0, 0.05) is 26.7 Å². The van der Waals surface area contributed by atoms with Gasteiger partial charge in [-0.1, -0.05) is 6.42 Å². The molecule has 0 unspecified atom stereocenters. The van der Waals surface area contributed by atoms with Gasteiger partial charge in [-0.25, -0.2) is 0 Å². The lowest BCUT2D eigenvalue weighted by Gasteiger charge is -2.30. The van der Waals surface area contributed by atoms with Gasteiger partial charge in [0.05, 0.1) is 0 Å². The first kappa shape index (κ1) is 14.9. The van der Waals surface area contributed by atoms with E-state index in [1.165, 1.54) is 4.31 Å². The SMILES string of the molecule is CN(C)CCCN(C)S(=O)(=O)N1CCCCC1. The fourth-order valence-electron chi connectivity index (χ4n) is 2.02. The molecule has 0 aliphatic carbocycles. The molecule has 0 N–H and O–H groups in total. The summed E-state index contributed by atoms with van der Waals surface area (Å²) in [6.45, 7) is 2.87. The van der Waals surface area contributed by atoms with Gasteiger partial charge in [-0.2, -0.15) is 17.0 Å². The normalized spacial score (nSPS) is 19.1. The summed E-state index contributed by atoms with van der Waals surface area (Å²) < 4.78 is 27.5. The highest BCUT2D eigenvalue weighted by atomic mass is 32.2. The fourth-order valence-corrected chi connectivity index (χ4v) is 3.49. The van der Waals surface area contributed by atoms with Crippen LogP contribution in [0, 0.1) is 0 Å². The van der Waals surface area contributed by atoms with Crippen LogP contribution in [0.5, 0.6) is 0 Å². The van der Waals surface area contributed by atoms with Gasteiger partial charge >= 0.3 is 0 Å². The van der Waals surface area contributed by atoms with E-state index in [1.54, 1.807) is 11.4 Å². The van der Waals surface area contributed by atoms with E-state index >= 15 is 0 Å². The number of hydrogen-bond acceptors (Lipinski definition) is 3. The molecule has 17 heavy (non-hydrogen) atoms. The zero-order valence-corrected chi connectivity index (χ0v) is 12.0. The van der Waals surface area contributed by atoms with E-state index in [1.807, 2.05) is 14.1 Å². The molecule has 0 saturated carbocycles. The first-order valence-corrected chi connectivity index (χ1v) is 7.70. The van der Waals surface area contributed by atoms with Crippen molar-refractivity contribution in [3.63, 3.8) is 0 Å². The van der Waals surface area contributed by atoms with E-state index in [4.69, 9.17) is 0 Å². The lowest BCUT2D eigenvalue weighted by Crippen LogP contribution is -2.44. The molecule has 1 rings (SSSR count). The Hall–Kier alpha value is -0.170. The van der Waals surface area contributed by atoms with Gasteiger partial charge < -0.3 is 4.90 Å². The second-order valence-electron chi connectivity index (χ2n) is 4.95. The van der Waals surface area contributed by atoms with Crippen LogP contribution in [0.3, 0.4) is 0 Å². The number of hydrogen-bond donors (Lipinski definition) is 0. The molecule has 102 valence electrons. The third-order valence-corrected chi connectivity index (χ3v) is 5.10. The molecule has 1 heterocycles. The summed E-state index contributed by atoms with van der Waals surface area (Å²) in [4.78, 5) is 2.07. The van der Waals surface area contributed by atoms with Crippen LogP contribution < -0.4 is 0 Å². The number of piperidine rings is 1. The topological polar surface area (TPSA) is 43.9 Å². The van der Waals surface area contributed by atoms with Crippen molar-refractivity contribution in [1.82, 2.24) is 13.5 Å². The van der Waals surface area contributed by atoms with Crippen molar-refractivity contribution in [3.05, 3.63) is 0 Å². The predicted molar refractivity (Wildman–Crippen MR) is 70.1 cm³/mol. The minimum absolute atomic E-state index is 0.594. The minimum atomic E-state index is -3.21. The zero-order chi connectivity index (χ0) is 12.9. The standard InChI is InChI=1S/C11H25N3O2S/c1-12(2)8-7-9-13(3)17(15,16)14-10-5-4-6-11-14/h4-11H2,1-3H3. The Labute approximate surface area is 106 Å². The van der Waals surface area contributed by atoms with E-state index in [0.717, 1.165) is 32.2 Å². The maximum absolute atomic E-state index is 12.2. The maximum atomic E-state index is 12.2.